The van der Waals surface area contributed by atoms with Crippen LogP contribution in [0.3, 0.4) is 0 Å². The number of fused-ring (bicyclic) bond motifs is 1. The predicted molar refractivity (Wildman–Crippen MR) is 62.6 cm³/mol. The summed E-state index contributed by atoms with van der Waals surface area (Å²) in [6.45, 7) is 0.519. The quantitative estimate of drug-likeness (QED) is 0.896. The summed E-state index contributed by atoms with van der Waals surface area (Å²) in [5.74, 6) is -4.63. The molecule has 0 amide bonds. The first-order valence-corrected chi connectivity index (χ1v) is 5.85. The van der Waals surface area contributed by atoms with Gasteiger partial charge in [-0.05, 0) is 17.5 Å². The highest BCUT2D eigenvalue weighted by Crippen LogP contribution is 2.24. The molecule has 5 heteroatoms. The number of halogens is 2. The number of hydrogen-bond donors (Lipinski definition) is 1. The van der Waals surface area contributed by atoms with E-state index >= 15 is 0 Å². The third-order valence-electron chi connectivity index (χ3n) is 3.07. The van der Waals surface area contributed by atoms with Crippen molar-refractivity contribution in [2.75, 3.05) is 13.1 Å². The first-order chi connectivity index (χ1) is 8.46. The number of carboxylic acids is 1. The Hall–Kier alpha value is -1.49. The molecule has 0 saturated carbocycles. The largest absolute Gasteiger partial charge is 0.481 e. The summed E-state index contributed by atoms with van der Waals surface area (Å²) in [5.41, 5.74) is 2.24. The van der Waals surface area contributed by atoms with Gasteiger partial charge in [-0.15, -0.1) is 0 Å². The Balaban J connectivity index is 1.99. The average molecular weight is 255 g/mol. The third-order valence-corrected chi connectivity index (χ3v) is 3.07. The van der Waals surface area contributed by atoms with E-state index in [2.05, 4.69) is 0 Å². The van der Waals surface area contributed by atoms with Crippen LogP contribution < -0.4 is 0 Å². The summed E-state index contributed by atoms with van der Waals surface area (Å²) in [6.07, 6.45) is -0.371. The minimum atomic E-state index is -3.17. The molecule has 1 aromatic carbocycles. The minimum Gasteiger partial charge on any atom is -0.481 e. The molecule has 0 unspecified atom stereocenters. The molecule has 98 valence electrons. The second-order valence-corrected chi connectivity index (χ2v) is 4.66. The zero-order valence-electron chi connectivity index (χ0n) is 9.90. The number of carbonyl (C=O) groups is 1. The van der Waals surface area contributed by atoms with Gasteiger partial charge in [0.15, 0.2) is 0 Å². The Morgan fingerprint density at radius 3 is 2.67 bits per heavy atom. The maximum atomic E-state index is 13.4. The molecule has 2 rings (SSSR count). The van der Waals surface area contributed by atoms with Crippen LogP contribution >= 0.6 is 0 Å². The van der Waals surface area contributed by atoms with Crippen LogP contribution in [-0.4, -0.2) is 35.0 Å². The Morgan fingerprint density at radius 2 is 2.00 bits per heavy atom. The van der Waals surface area contributed by atoms with Gasteiger partial charge in [0.2, 0.25) is 0 Å². The summed E-state index contributed by atoms with van der Waals surface area (Å²) < 4.78 is 26.8. The lowest BCUT2D eigenvalue weighted by Crippen LogP contribution is -2.41. The molecule has 0 atom stereocenters. The summed E-state index contributed by atoms with van der Waals surface area (Å²) in [4.78, 5) is 12.0. The third kappa shape index (κ3) is 3.26. The Morgan fingerprint density at radius 1 is 1.33 bits per heavy atom. The van der Waals surface area contributed by atoms with E-state index in [1.54, 1.807) is 4.90 Å². The van der Waals surface area contributed by atoms with Crippen molar-refractivity contribution >= 4 is 5.97 Å². The molecule has 0 radical (unpaired) electrons. The van der Waals surface area contributed by atoms with Gasteiger partial charge in [-0.1, -0.05) is 24.3 Å². The molecular weight excluding hydrogens is 240 g/mol. The Kier molecular flexibility index (Phi) is 3.61. The molecule has 1 aliphatic rings. The smallest absolute Gasteiger partial charge is 0.309 e. The number of alkyl halides is 2. The van der Waals surface area contributed by atoms with Gasteiger partial charge in [0.05, 0.1) is 6.54 Å². The van der Waals surface area contributed by atoms with Gasteiger partial charge in [0.1, 0.15) is 6.42 Å². The van der Waals surface area contributed by atoms with Gasteiger partial charge in [-0.25, -0.2) is 8.78 Å². The van der Waals surface area contributed by atoms with Gasteiger partial charge >= 0.3 is 5.97 Å². The predicted octanol–water partition coefficient (Wildman–Crippen LogP) is 2.15. The lowest BCUT2D eigenvalue weighted by Gasteiger charge is -2.31. The maximum absolute atomic E-state index is 13.4. The fourth-order valence-electron chi connectivity index (χ4n) is 2.29. The molecule has 1 aromatic rings. The van der Waals surface area contributed by atoms with Crippen molar-refractivity contribution < 1.29 is 18.7 Å². The van der Waals surface area contributed by atoms with Crippen LogP contribution in [0, 0.1) is 0 Å². The van der Waals surface area contributed by atoms with E-state index < -0.39 is 24.9 Å². The van der Waals surface area contributed by atoms with Gasteiger partial charge in [-0.2, -0.15) is 0 Å². The number of hydrogen-bond acceptors (Lipinski definition) is 2. The number of rotatable bonds is 4. The number of carboxylic acid groups (broad SMARTS) is 1. The van der Waals surface area contributed by atoms with E-state index in [0.29, 0.717) is 13.1 Å². The molecular formula is C13H15F2NO2. The van der Waals surface area contributed by atoms with Gasteiger partial charge in [0, 0.05) is 13.1 Å². The Labute approximate surface area is 104 Å². The van der Waals surface area contributed by atoms with E-state index in [9.17, 15) is 13.6 Å². The van der Waals surface area contributed by atoms with Crippen molar-refractivity contribution in [3.05, 3.63) is 35.4 Å². The molecule has 0 saturated heterocycles. The van der Waals surface area contributed by atoms with E-state index in [1.165, 1.54) is 5.56 Å². The van der Waals surface area contributed by atoms with Gasteiger partial charge in [-0.3, -0.25) is 9.69 Å². The van der Waals surface area contributed by atoms with Crippen molar-refractivity contribution in [1.82, 2.24) is 4.90 Å². The number of nitrogens with zero attached hydrogens (tertiary/aromatic N) is 1. The SMILES string of the molecule is O=C(O)CC(F)(F)CN1CCc2ccccc2C1. The van der Waals surface area contributed by atoms with Crippen LogP contribution in [0.2, 0.25) is 0 Å². The van der Waals surface area contributed by atoms with E-state index in [0.717, 1.165) is 12.0 Å². The normalized spacial score (nSPS) is 16.3. The van der Waals surface area contributed by atoms with Gasteiger partial charge < -0.3 is 5.11 Å². The van der Waals surface area contributed by atoms with Crippen LogP contribution in [-0.2, 0) is 17.8 Å². The maximum Gasteiger partial charge on any atom is 0.309 e. The zero-order valence-corrected chi connectivity index (χ0v) is 9.90. The van der Waals surface area contributed by atoms with Gasteiger partial charge in [0.25, 0.3) is 5.92 Å². The average Bonchev–Trinajstić information content (AvgIpc) is 2.26. The first-order valence-electron chi connectivity index (χ1n) is 5.85. The van der Waals surface area contributed by atoms with Crippen LogP contribution in [0.15, 0.2) is 24.3 Å². The van der Waals surface area contributed by atoms with E-state index in [4.69, 9.17) is 5.11 Å². The molecule has 0 aromatic heterocycles. The van der Waals surface area contributed by atoms with Crippen molar-refractivity contribution in [2.24, 2.45) is 0 Å². The first kappa shape index (κ1) is 13.0. The molecule has 0 aliphatic carbocycles. The lowest BCUT2D eigenvalue weighted by molar-refractivity contribution is -0.146. The van der Waals surface area contributed by atoms with Crippen LogP contribution in [0.1, 0.15) is 17.5 Å². The molecule has 0 bridgehead atoms. The molecule has 1 aliphatic heterocycles. The topological polar surface area (TPSA) is 40.5 Å². The second-order valence-electron chi connectivity index (χ2n) is 4.66. The zero-order chi connectivity index (χ0) is 13.2. The van der Waals surface area contributed by atoms with Crippen LogP contribution in [0.25, 0.3) is 0 Å². The number of aliphatic carboxylic acids is 1. The van der Waals surface area contributed by atoms with Crippen LogP contribution in [0.5, 0.6) is 0 Å². The summed E-state index contributed by atoms with van der Waals surface area (Å²) in [6, 6.07) is 7.75. The van der Waals surface area contributed by atoms with Crippen LogP contribution in [0.4, 0.5) is 8.78 Å². The summed E-state index contributed by atoms with van der Waals surface area (Å²) in [5, 5.41) is 8.44. The molecule has 18 heavy (non-hydrogen) atoms. The highest BCUT2D eigenvalue weighted by Gasteiger charge is 2.35. The second kappa shape index (κ2) is 5.02. The van der Waals surface area contributed by atoms with E-state index in [-0.39, 0.29) is 0 Å². The highest BCUT2D eigenvalue weighted by molar-refractivity contribution is 5.67. The van der Waals surface area contributed by atoms with Crippen molar-refractivity contribution in [3.8, 4) is 0 Å². The lowest BCUT2D eigenvalue weighted by atomic mass is 9.99. The van der Waals surface area contributed by atoms with Crippen molar-refractivity contribution in [3.63, 3.8) is 0 Å². The standard InChI is InChI=1S/C13H15F2NO2/c14-13(15,7-12(17)18)9-16-6-5-10-3-1-2-4-11(10)8-16/h1-4H,5-9H2,(H,17,18). The minimum absolute atomic E-state index is 0.464. The fraction of sp³-hybridized carbons (Fsp3) is 0.462. The summed E-state index contributed by atoms with van der Waals surface area (Å²) in [7, 11) is 0. The Bertz CT molecular complexity index is 448. The summed E-state index contributed by atoms with van der Waals surface area (Å²) >= 11 is 0. The molecule has 1 heterocycles. The monoisotopic (exact) mass is 255 g/mol. The molecule has 0 fully saturated rings. The highest BCUT2D eigenvalue weighted by atomic mass is 19.3. The molecule has 0 spiro atoms. The van der Waals surface area contributed by atoms with E-state index in [1.807, 2.05) is 24.3 Å². The molecule has 1 N–H and O–H groups in total. The van der Waals surface area contributed by atoms with Crippen molar-refractivity contribution in [1.29, 1.82) is 0 Å². The van der Waals surface area contributed by atoms with Crippen molar-refractivity contribution in [2.45, 2.75) is 25.3 Å². The molecule has 3 nitrogen and oxygen atoms in total. The fourth-order valence-corrected chi connectivity index (χ4v) is 2.29. The number of benzene rings is 1.